The van der Waals surface area contributed by atoms with Crippen molar-refractivity contribution in [2.75, 3.05) is 31.1 Å². The Bertz CT molecular complexity index is 381. The molecule has 0 aromatic heterocycles. The Morgan fingerprint density at radius 3 is 3.00 bits per heavy atom. The van der Waals surface area contributed by atoms with Crippen LogP contribution in [0.3, 0.4) is 0 Å². The highest BCUT2D eigenvalue weighted by Crippen LogP contribution is 2.22. The minimum Gasteiger partial charge on any atom is -0.494 e. The summed E-state index contributed by atoms with van der Waals surface area (Å²) in [6, 6.07) is 9.15. The van der Waals surface area contributed by atoms with Gasteiger partial charge in [0.25, 0.3) is 0 Å². The number of benzene rings is 1. The largest absolute Gasteiger partial charge is 0.494 e. The SMILES string of the molecule is CCOc1cccc(N2CCCNC(CC)CC2)c1. The van der Waals surface area contributed by atoms with Crippen LogP contribution in [0.4, 0.5) is 5.69 Å². The Morgan fingerprint density at radius 1 is 1.32 bits per heavy atom. The lowest BCUT2D eigenvalue weighted by Gasteiger charge is -2.30. The molecule has 1 saturated heterocycles. The predicted octanol–water partition coefficient (Wildman–Crippen LogP) is 3.05. The van der Waals surface area contributed by atoms with E-state index in [1.54, 1.807) is 0 Å². The molecule has 1 heterocycles. The highest BCUT2D eigenvalue weighted by molar-refractivity contribution is 5.50. The number of hydrogen-bond donors (Lipinski definition) is 1. The Hall–Kier alpha value is -1.22. The average Bonchev–Trinajstić information content (AvgIpc) is 2.40. The number of ether oxygens (including phenoxy) is 1. The summed E-state index contributed by atoms with van der Waals surface area (Å²) in [5, 5.41) is 3.62. The first kappa shape index (κ1) is 14.2. The Balaban J connectivity index is 2.04. The summed E-state index contributed by atoms with van der Waals surface area (Å²) in [5.41, 5.74) is 1.29. The van der Waals surface area contributed by atoms with Crippen LogP contribution >= 0.6 is 0 Å². The number of anilines is 1. The van der Waals surface area contributed by atoms with Gasteiger partial charge in [-0.25, -0.2) is 0 Å². The molecule has 1 aliphatic heterocycles. The van der Waals surface area contributed by atoms with Gasteiger partial charge in [-0.2, -0.15) is 0 Å². The van der Waals surface area contributed by atoms with Crippen molar-refractivity contribution in [3.8, 4) is 5.75 Å². The molecule has 1 N–H and O–H groups in total. The quantitative estimate of drug-likeness (QED) is 0.902. The summed E-state index contributed by atoms with van der Waals surface area (Å²) < 4.78 is 5.60. The zero-order valence-electron chi connectivity index (χ0n) is 12.2. The van der Waals surface area contributed by atoms with E-state index in [4.69, 9.17) is 4.74 Å². The second-order valence-electron chi connectivity index (χ2n) is 5.12. The summed E-state index contributed by atoms with van der Waals surface area (Å²) in [6.07, 6.45) is 3.64. The highest BCUT2D eigenvalue weighted by Gasteiger charge is 2.14. The molecular formula is C16H26N2O. The Labute approximate surface area is 116 Å². The molecule has 3 nitrogen and oxygen atoms in total. The maximum atomic E-state index is 5.60. The van der Waals surface area contributed by atoms with E-state index >= 15 is 0 Å². The van der Waals surface area contributed by atoms with Gasteiger partial charge in [0.05, 0.1) is 6.61 Å². The van der Waals surface area contributed by atoms with Gasteiger partial charge in [-0.15, -0.1) is 0 Å². The van der Waals surface area contributed by atoms with Gasteiger partial charge in [-0.3, -0.25) is 0 Å². The van der Waals surface area contributed by atoms with Crippen molar-refractivity contribution in [2.45, 2.75) is 39.2 Å². The van der Waals surface area contributed by atoms with Crippen molar-refractivity contribution >= 4 is 5.69 Å². The lowest BCUT2D eigenvalue weighted by atomic mass is 10.1. The zero-order chi connectivity index (χ0) is 13.5. The molecule has 0 amide bonds. The molecular weight excluding hydrogens is 236 g/mol. The van der Waals surface area contributed by atoms with Crippen molar-refractivity contribution in [3.05, 3.63) is 24.3 Å². The van der Waals surface area contributed by atoms with Crippen LogP contribution in [0.1, 0.15) is 33.1 Å². The van der Waals surface area contributed by atoms with E-state index in [9.17, 15) is 0 Å². The third-order valence-electron chi connectivity index (χ3n) is 3.77. The van der Waals surface area contributed by atoms with E-state index in [1.807, 2.05) is 13.0 Å². The van der Waals surface area contributed by atoms with Gasteiger partial charge >= 0.3 is 0 Å². The highest BCUT2D eigenvalue weighted by atomic mass is 16.5. The minimum absolute atomic E-state index is 0.665. The molecule has 0 aliphatic carbocycles. The second kappa shape index (κ2) is 7.39. The van der Waals surface area contributed by atoms with Crippen molar-refractivity contribution in [2.24, 2.45) is 0 Å². The van der Waals surface area contributed by atoms with Crippen LogP contribution in [0.5, 0.6) is 5.75 Å². The standard InChI is InChI=1S/C16H26N2O/c1-3-14-9-12-18(11-6-10-17-14)15-7-5-8-16(13-15)19-4-2/h5,7-8,13-14,17H,3-4,6,9-12H2,1-2H3. The third kappa shape index (κ3) is 4.13. The summed E-state index contributed by atoms with van der Waals surface area (Å²) in [5.74, 6) is 0.979. The smallest absolute Gasteiger partial charge is 0.121 e. The van der Waals surface area contributed by atoms with E-state index < -0.39 is 0 Å². The molecule has 106 valence electrons. The molecule has 1 unspecified atom stereocenters. The summed E-state index contributed by atoms with van der Waals surface area (Å²) in [4.78, 5) is 2.49. The Morgan fingerprint density at radius 2 is 2.21 bits per heavy atom. The molecule has 0 bridgehead atoms. The van der Waals surface area contributed by atoms with Crippen LogP contribution in [0.25, 0.3) is 0 Å². The lowest BCUT2D eigenvalue weighted by molar-refractivity contribution is 0.340. The van der Waals surface area contributed by atoms with E-state index in [-0.39, 0.29) is 0 Å². The van der Waals surface area contributed by atoms with Crippen LogP contribution in [-0.4, -0.2) is 32.3 Å². The topological polar surface area (TPSA) is 24.5 Å². The number of rotatable bonds is 4. The minimum atomic E-state index is 0.665. The first-order valence-electron chi connectivity index (χ1n) is 7.54. The molecule has 2 rings (SSSR count). The molecule has 1 aliphatic rings. The van der Waals surface area contributed by atoms with Crippen LogP contribution in [0, 0.1) is 0 Å². The number of hydrogen-bond acceptors (Lipinski definition) is 3. The molecule has 3 heteroatoms. The fourth-order valence-electron chi connectivity index (χ4n) is 2.64. The maximum absolute atomic E-state index is 5.60. The normalized spacial score (nSPS) is 20.7. The molecule has 19 heavy (non-hydrogen) atoms. The van der Waals surface area contributed by atoms with Crippen LogP contribution in [0.2, 0.25) is 0 Å². The van der Waals surface area contributed by atoms with E-state index in [1.165, 1.54) is 24.9 Å². The molecule has 0 spiro atoms. The monoisotopic (exact) mass is 262 g/mol. The van der Waals surface area contributed by atoms with Gasteiger partial charge in [0.1, 0.15) is 5.75 Å². The van der Waals surface area contributed by atoms with Crippen LogP contribution < -0.4 is 15.0 Å². The second-order valence-corrected chi connectivity index (χ2v) is 5.12. The van der Waals surface area contributed by atoms with E-state index in [2.05, 4.69) is 35.3 Å². The van der Waals surface area contributed by atoms with Gasteiger partial charge in [0, 0.05) is 30.9 Å². The zero-order valence-corrected chi connectivity index (χ0v) is 12.2. The lowest BCUT2D eigenvalue weighted by Crippen LogP contribution is -2.39. The number of nitrogens with one attached hydrogen (secondary N) is 1. The van der Waals surface area contributed by atoms with E-state index in [0.717, 1.165) is 32.0 Å². The van der Waals surface area contributed by atoms with Gasteiger partial charge in [-0.1, -0.05) is 13.0 Å². The fourth-order valence-corrected chi connectivity index (χ4v) is 2.64. The number of nitrogens with zero attached hydrogens (tertiary/aromatic N) is 1. The Kier molecular flexibility index (Phi) is 5.52. The summed E-state index contributed by atoms with van der Waals surface area (Å²) >= 11 is 0. The van der Waals surface area contributed by atoms with Gasteiger partial charge in [-0.05, 0) is 44.9 Å². The van der Waals surface area contributed by atoms with Gasteiger partial charge in [0.15, 0.2) is 0 Å². The maximum Gasteiger partial charge on any atom is 0.121 e. The molecule has 0 radical (unpaired) electrons. The van der Waals surface area contributed by atoms with Gasteiger partial charge in [0.2, 0.25) is 0 Å². The molecule has 1 aromatic carbocycles. The first-order chi connectivity index (χ1) is 9.33. The van der Waals surface area contributed by atoms with Crippen LogP contribution in [-0.2, 0) is 0 Å². The fraction of sp³-hybridized carbons (Fsp3) is 0.625. The molecule has 0 saturated carbocycles. The molecule has 1 aromatic rings. The van der Waals surface area contributed by atoms with Crippen molar-refractivity contribution in [1.29, 1.82) is 0 Å². The van der Waals surface area contributed by atoms with Gasteiger partial charge < -0.3 is 15.0 Å². The first-order valence-corrected chi connectivity index (χ1v) is 7.54. The van der Waals surface area contributed by atoms with Crippen molar-refractivity contribution < 1.29 is 4.74 Å². The van der Waals surface area contributed by atoms with Crippen LogP contribution in [0.15, 0.2) is 24.3 Å². The van der Waals surface area contributed by atoms with E-state index in [0.29, 0.717) is 6.04 Å². The average molecular weight is 262 g/mol. The van der Waals surface area contributed by atoms with Crippen molar-refractivity contribution in [1.82, 2.24) is 5.32 Å². The summed E-state index contributed by atoms with van der Waals surface area (Å²) in [7, 11) is 0. The van der Waals surface area contributed by atoms with Crippen molar-refractivity contribution in [3.63, 3.8) is 0 Å². The third-order valence-corrected chi connectivity index (χ3v) is 3.77. The molecule has 1 atom stereocenters. The molecule has 1 fully saturated rings. The summed E-state index contributed by atoms with van der Waals surface area (Å²) in [6.45, 7) is 8.39. The predicted molar refractivity (Wildman–Crippen MR) is 81.1 cm³/mol.